The van der Waals surface area contributed by atoms with Crippen LogP contribution in [0.25, 0.3) is 16.8 Å². The smallest absolute Gasteiger partial charge is 0.280 e. The first-order valence-electron chi connectivity index (χ1n) is 5.93. The quantitative estimate of drug-likeness (QED) is 0.688. The standard InChI is InChI=1S/C13H8ClFN4O2/c14-9-5-8(1-2-10(9)15)11-12-13(21)18(3-4-20)7-17-19(12)6-16-11/h1-2,4-7H,3H2. The maximum atomic E-state index is 13.2. The first-order chi connectivity index (χ1) is 10.1. The zero-order valence-corrected chi connectivity index (χ0v) is 11.3. The van der Waals surface area contributed by atoms with Crippen molar-refractivity contribution in [1.29, 1.82) is 0 Å². The molecule has 3 rings (SSSR count). The van der Waals surface area contributed by atoms with E-state index in [1.807, 2.05) is 0 Å². The summed E-state index contributed by atoms with van der Waals surface area (Å²) in [6.45, 7) is -0.100. The molecule has 0 saturated heterocycles. The molecule has 0 N–H and O–H groups in total. The zero-order valence-electron chi connectivity index (χ0n) is 10.5. The molecule has 0 aliphatic heterocycles. The summed E-state index contributed by atoms with van der Waals surface area (Å²) >= 11 is 5.75. The Morgan fingerprint density at radius 3 is 2.86 bits per heavy atom. The van der Waals surface area contributed by atoms with Gasteiger partial charge in [0.05, 0.1) is 11.6 Å². The summed E-state index contributed by atoms with van der Waals surface area (Å²) in [5, 5.41) is 3.93. The van der Waals surface area contributed by atoms with Gasteiger partial charge >= 0.3 is 0 Å². The van der Waals surface area contributed by atoms with Gasteiger partial charge < -0.3 is 4.79 Å². The van der Waals surface area contributed by atoms with Gasteiger partial charge in [-0.15, -0.1) is 0 Å². The van der Waals surface area contributed by atoms with Crippen molar-refractivity contribution in [1.82, 2.24) is 19.2 Å². The average molecular weight is 307 g/mol. The summed E-state index contributed by atoms with van der Waals surface area (Å²) in [7, 11) is 0. The molecule has 0 aliphatic carbocycles. The maximum Gasteiger partial charge on any atom is 0.280 e. The number of halogens is 2. The van der Waals surface area contributed by atoms with Crippen LogP contribution in [0, 0.1) is 5.82 Å². The Hall–Kier alpha value is -2.54. The summed E-state index contributed by atoms with van der Waals surface area (Å²) in [5.41, 5.74) is 0.605. The van der Waals surface area contributed by atoms with Crippen LogP contribution in [0.5, 0.6) is 0 Å². The van der Waals surface area contributed by atoms with Crippen molar-refractivity contribution in [2.45, 2.75) is 6.54 Å². The van der Waals surface area contributed by atoms with E-state index in [9.17, 15) is 14.0 Å². The number of hydrogen-bond acceptors (Lipinski definition) is 4. The third-order valence-electron chi connectivity index (χ3n) is 2.99. The molecule has 0 fully saturated rings. The van der Waals surface area contributed by atoms with Crippen LogP contribution < -0.4 is 5.56 Å². The molecule has 2 heterocycles. The Labute approximate surface area is 122 Å². The van der Waals surface area contributed by atoms with Crippen LogP contribution in [0.15, 0.2) is 35.6 Å². The Morgan fingerprint density at radius 1 is 1.33 bits per heavy atom. The van der Waals surface area contributed by atoms with Crippen molar-refractivity contribution in [2.75, 3.05) is 0 Å². The van der Waals surface area contributed by atoms with Gasteiger partial charge in [-0.25, -0.2) is 13.9 Å². The number of imidazole rings is 1. The number of nitrogens with zero attached hydrogens (tertiary/aromatic N) is 4. The Kier molecular flexibility index (Phi) is 3.26. The van der Waals surface area contributed by atoms with Gasteiger partial charge in [-0.3, -0.25) is 9.36 Å². The topological polar surface area (TPSA) is 69.3 Å². The third-order valence-corrected chi connectivity index (χ3v) is 3.28. The van der Waals surface area contributed by atoms with Crippen LogP contribution in [0.2, 0.25) is 5.02 Å². The second kappa shape index (κ2) is 5.10. The molecule has 6 nitrogen and oxygen atoms in total. The molecule has 2 aromatic heterocycles. The van der Waals surface area contributed by atoms with E-state index in [1.54, 1.807) is 0 Å². The zero-order chi connectivity index (χ0) is 15.0. The van der Waals surface area contributed by atoms with E-state index in [-0.39, 0.29) is 17.1 Å². The number of hydrogen-bond donors (Lipinski definition) is 0. The molecule has 3 aromatic rings. The molecule has 0 bridgehead atoms. The van der Waals surface area contributed by atoms with Crippen molar-refractivity contribution < 1.29 is 9.18 Å². The van der Waals surface area contributed by atoms with Crippen LogP contribution in [-0.2, 0) is 11.3 Å². The lowest BCUT2D eigenvalue weighted by Crippen LogP contribution is -2.23. The van der Waals surface area contributed by atoms with E-state index in [0.717, 1.165) is 0 Å². The monoisotopic (exact) mass is 306 g/mol. The highest BCUT2D eigenvalue weighted by atomic mass is 35.5. The minimum Gasteiger partial charge on any atom is -0.301 e. The molecular weight excluding hydrogens is 299 g/mol. The predicted molar refractivity (Wildman–Crippen MR) is 73.7 cm³/mol. The van der Waals surface area contributed by atoms with Gasteiger partial charge in [-0.2, -0.15) is 5.10 Å². The van der Waals surface area contributed by atoms with Crippen LogP contribution in [0.3, 0.4) is 0 Å². The molecule has 0 atom stereocenters. The lowest BCUT2D eigenvalue weighted by molar-refractivity contribution is -0.108. The first kappa shape index (κ1) is 13.4. The fourth-order valence-electron chi connectivity index (χ4n) is 2.00. The van der Waals surface area contributed by atoms with Crippen LogP contribution in [0.4, 0.5) is 4.39 Å². The first-order valence-corrected chi connectivity index (χ1v) is 6.31. The van der Waals surface area contributed by atoms with Crippen LogP contribution >= 0.6 is 11.6 Å². The molecular formula is C13H8ClFN4O2. The fourth-order valence-corrected chi connectivity index (χ4v) is 2.18. The van der Waals surface area contributed by atoms with E-state index in [2.05, 4.69) is 10.1 Å². The van der Waals surface area contributed by atoms with Gasteiger partial charge in [0, 0.05) is 5.56 Å². The molecule has 0 amide bonds. The van der Waals surface area contributed by atoms with E-state index in [0.29, 0.717) is 17.5 Å². The summed E-state index contributed by atoms with van der Waals surface area (Å²) < 4.78 is 15.7. The number of carbonyl (C=O) groups excluding carboxylic acids is 1. The number of carbonyl (C=O) groups is 1. The predicted octanol–water partition coefficient (Wildman–Crippen LogP) is 1.55. The van der Waals surface area contributed by atoms with Crippen molar-refractivity contribution in [3.05, 3.63) is 52.0 Å². The molecule has 8 heteroatoms. The normalized spacial score (nSPS) is 11.0. The number of benzene rings is 1. The highest BCUT2D eigenvalue weighted by Gasteiger charge is 2.14. The van der Waals surface area contributed by atoms with E-state index in [1.165, 1.54) is 39.9 Å². The average Bonchev–Trinajstić information content (AvgIpc) is 2.90. The summed E-state index contributed by atoms with van der Waals surface area (Å²) in [6, 6.07) is 4.05. The van der Waals surface area contributed by atoms with Crippen LogP contribution in [-0.4, -0.2) is 25.5 Å². The second-order valence-electron chi connectivity index (χ2n) is 4.27. The van der Waals surface area contributed by atoms with Gasteiger partial charge in [0.25, 0.3) is 5.56 Å². The van der Waals surface area contributed by atoms with Crippen molar-refractivity contribution in [2.24, 2.45) is 0 Å². The molecule has 21 heavy (non-hydrogen) atoms. The number of aldehydes is 1. The largest absolute Gasteiger partial charge is 0.301 e. The minimum absolute atomic E-state index is 0.0641. The molecule has 0 spiro atoms. The van der Waals surface area contributed by atoms with E-state index >= 15 is 0 Å². The number of fused-ring (bicyclic) bond motifs is 1. The number of aromatic nitrogens is 4. The molecule has 106 valence electrons. The summed E-state index contributed by atoms with van der Waals surface area (Å²) in [4.78, 5) is 27.0. The van der Waals surface area contributed by atoms with E-state index < -0.39 is 11.4 Å². The summed E-state index contributed by atoms with van der Waals surface area (Å²) in [5.74, 6) is -0.555. The fraction of sp³-hybridized carbons (Fsp3) is 0.0769. The second-order valence-corrected chi connectivity index (χ2v) is 4.68. The molecule has 1 aromatic carbocycles. The Morgan fingerprint density at radius 2 is 2.14 bits per heavy atom. The van der Waals surface area contributed by atoms with Gasteiger partial charge in [0.2, 0.25) is 0 Å². The molecule has 0 unspecified atom stereocenters. The van der Waals surface area contributed by atoms with Crippen molar-refractivity contribution in [3.63, 3.8) is 0 Å². The molecule has 0 aliphatic rings. The van der Waals surface area contributed by atoms with Crippen molar-refractivity contribution >= 4 is 23.4 Å². The maximum absolute atomic E-state index is 13.2. The summed E-state index contributed by atoms with van der Waals surface area (Å²) in [6.07, 6.45) is 3.23. The van der Waals surface area contributed by atoms with Gasteiger partial charge in [-0.05, 0) is 18.2 Å². The third kappa shape index (κ3) is 2.21. The molecule has 0 radical (unpaired) electrons. The highest BCUT2D eigenvalue weighted by molar-refractivity contribution is 6.31. The van der Waals surface area contributed by atoms with Gasteiger partial charge in [0.1, 0.15) is 30.5 Å². The molecule has 0 saturated carbocycles. The van der Waals surface area contributed by atoms with Gasteiger partial charge in [0.15, 0.2) is 5.52 Å². The van der Waals surface area contributed by atoms with Crippen LogP contribution in [0.1, 0.15) is 0 Å². The minimum atomic E-state index is -0.555. The van der Waals surface area contributed by atoms with Gasteiger partial charge in [-0.1, -0.05) is 11.6 Å². The Balaban J connectivity index is 2.27. The lowest BCUT2D eigenvalue weighted by Gasteiger charge is -2.03. The van der Waals surface area contributed by atoms with E-state index in [4.69, 9.17) is 11.6 Å². The van der Waals surface area contributed by atoms with Crippen molar-refractivity contribution in [3.8, 4) is 11.3 Å². The lowest BCUT2D eigenvalue weighted by atomic mass is 10.1. The highest BCUT2D eigenvalue weighted by Crippen LogP contribution is 2.25. The Bertz CT molecular complexity index is 903. The SMILES string of the molecule is O=CCn1cnn2cnc(-c3ccc(F)c(Cl)c3)c2c1=O. The number of rotatable bonds is 3.